The van der Waals surface area contributed by atoms with E-state index in [0.717, 1.165) is 41.7 Å². The molecule has 1 aromatic carbocycles. The van der Waals surface area contributed by atoms with E-state index in [1.54, 1.807) is 0 Å². The van der Waals surface area contributed by atoms with Gasteiger partial charge >= 0.3 is 0 Å². The van der Waals surface area contributed by atoms with E-state index in [9.17, 15) is 0 Å². The summed E-state index contributed by atoms with van der Waals surface area (Å²) in [7, 11) is 0. The topological polar surface area (TPSA) is 51.8 Å². The maximum atomic E-state index is 5.75. The molecule has 4 heteroatoms. The Bertz CT molecular complexity index is 598. The highest BCUT2D eigenvalue weighted by Gasteiger charge is 2.20. The van der Waals surface area contributed by atoms with Gasteiger partial charge in [-0.05, 0) is 43.4 Å². The first kappa shape index (κ1) is 12.8. The first-order valence-corrected chi connectivity index (χ1v) is 7.37. The molecule has 0 amide bonds. The standard InChI is InChI=1S/C15H16BrN3/c16-13-4-2-1-3-12(13)15-18-9-11-7-10(8-17)5-6-14(11)19-15/h1-4,9-10H,5-8,17H2. The van der Waals surface area contributed by atoms with Crippen molar-refractivity contribution in [2.45, 2.75) is 19.3 Å². The molecule has 98 valence electrons. The number of rotatable bonds is 2. The van der Waals surface area contributed by atoms with Crippen LogP contribution in [0.3, 0.4) is 0 Å². The normalized spacial score (nSPS) is 18.1. The summed E-state index contributed by atoms with van der Waals surface area (Å²) in [5, 5.41) is 0. The Kier molecular flexibility index (Phi) is 3.62. The molecule has 0 aliphatic heterocycles. The van der Waals surface area contributed by atoms with Gasteiger partial charge in [-0.1, -0.05) is 34.1 Å². The Hall–Kier alpha value is -1.26. The average molecular weight is 318 g/mol. The molecule has 0 radical (unpaired) electrons. The molecule has 1 aliphatic rings. The second-order valence-corrected chi connectivity index (χ2v) is 5.84. The van der Waals surface area contributed by atoms with Crippen molar-refractivity contribution in [1.82, 2.24) is 9.97 Å². The molecule has 2 aromatic rings. The van der Waals surface area contributed by atoms with Crippen molar-refractivity contribution in [3.63, 3.8) is 0 Å². The number of nitrogens with zero attached hydrogens (tertiary/aromatic N) is 2. The zero-order chi connectivity index (χ0) is 13.2. The Morgan fingerprint density at radius 2 is 2.16 bits per heavy atom. The highest BCUT2D eigenvalue weighted by Crippen LogP contribution is 2.28. The Labute approximate surface area is 121 Å². The van der Waals surface area contributed by atoms with Crippen LogP contribution in [0.25, 0.3) is 11.4 Å². The number of fused-ring (bicyclic) bond motifs is 1. The minimum atomic E-state index is 0.588. The maximum Gasteiger partial charge on any atom is 0.160 e. The molecule has 19 heavy (non-hydrogen) atoms. The number of hydrogen-bond donors (Lipinski definition) is 1. The third-order valence-corrected chi connectivity index (χ3v) is 4.39. The molecule has 0 spiro atoms. The third-order valence-electron chi connectivity index (χ3n) is 3.70. The molecule has 1 unspecified atom stereocenters. The van der Waals surface area contributed by atoms with E-state index < -0.39 is 0 Å². The highest BCUT2D eigenvalue weighted by molar-refractivity contribution is 9.10. The predicted molar refractivity (Wildman–Crippen MR) is 79.7 cm³/mol. The molecule has 2 N–H and O–H groups in total. The Morgan fingerprint density at radius 3 is 2.95 bits per heavy atom. The van der Waals surface area contributed by atoms with E-state index in [4.69, 9.17) is 10.7 Å². The summed E-state index contributed by atoms with van der Waals surface area (Å²) < 4.78 is 1.03. The maximum absolute atomic E-state index is 5.75. The SMILES string of the molecule is NCC1CCc2nc(-c3ccccc3Br)ncc2C1. The van der Waals surface area contributed by atoms with Crippen LogP contribution in [0.15, 0.2) is 34.9 Å². The van der Waals surface area contributed by atoms with Crippen molar-refractivity contribution in [2.75, 3.05) is 6.54 Å². The summed E-state index contributed by atoms with van der Waals surface area (Å²) in [6.07, 6.45) is 5.13. The highest BCUT2D eigenvalue weighted by atomic mass is 79.9. The average Bonchev–Trinajstić information content (AvgIpc) is 2.46. The van der Waals surface area contributed by atoms with Gasteiger partial charge in [0.05, 0.1) is 0 Å². The van der Waals surface area contributed by atoms with Gasteiger partial charge in [0.1, 0.15) is 0 Å². The van der Waals surface area contributed by atoms with Crippen LogP contribution in [0.4, 0.5) is 0 Å². The second kappa shape index (κ2) is 5.39. The molecule has 0 fully saturated rings. The molecule has 0 saturated carbocycles. The van der Waals surface area contributed by atoms with Gasteiger partial charge in [-0.25, -0.2) is 9.97 Å². The van der Waals surface area contributed by atoms with Gasteiger partial charge in [0.2, 0.25) is 0 Å². The van der Waals surface area contributed by atoms with E-state index in [1.807, 2.05) is 30.5 Å². The first-order valence-electron chi connectivity index (χ1n) is 6.57. The summed E-state index contributed by atoms with van der Waals surface area (Å²) in [6.45, 7) is 0.755. The molecule has 1 heterocycles. The van der Waals surface area contributed by atoms with E-state index in [1.165, 1.54) is 11.3 Å². The zero-order valence-corrected chi connectivity index (χ0v) is 12.2. The van der Waals surface area contributed by atoms with Gasteiger partial charge in [-0.3, -0.25) is 0 Å². The fraction of sp³-hybridized carbons (Fsp3) is 0.333. The fourth-order valence-corrected chi connectivity index (χ4v) is 3.02. The van der Waals surface area contributed by atoms with Crippen LogP contribution < -0.4 is 5.73 Å². The summed E-state index contributed by atoms with van der Waals surface area (Å²) in [5.41, 5.74) is 9.25. The Morgan fingerprint density at radius 1 is 1.32 bits per heavy atom. The summed E-state index contributed by atoms with van der Waals surface area (Å²) in [4.78, 5) is 9.24. The number of halogens is 1. The minimum Gasteiger partial charge on any atom is -0.330 e. The van der Waals surface area contributed by atoms with Crippen molar-refractivity contribution >= 4 is 15.9 Å². The van der Waals surface area contributed by atoms with Crippen LogP contribution in [0.1, 0.15) is 17.7 Å². The van der Waals surface area contributed by atoms with Crippen LogP contribution in [-0.4, -0.2) is 16.5 Å². The quantitative estimate of drug-likeness (QED) is 0.926. The lowest BCUT2D eigenvalue weighted by atomic mass is 9.87. The molecular weight excluding hydrogens is 302 g/mol. The van der Waals surface area contributed by atoms with Crippen LogP contribution in [0.2, 0.25) is 0 Å². The minimum absolute atomic E-state index is 0.588. The fourth-order valence-electron chi connectivity index (χ4n) is 2.56. The first-order chi connectivity index (χ1) is 9.28. The lowest BCUT2D eigenvalue weighted by Gasteiger charge is -2.22. The van der Waals surface area contributed by atoms with Crippen molar-refractivity contribution in [3.05, 3.63) is 46.2 Å². The molecule has 1 aromatic heterocycles. The van der Waals surface area contributed by atoms with E-state index >= 15 is 0 Å². The number of aryl methyl sites for hydroxylation is 1. The van der Waals surface area contributed by atoms with Gasteiger partial charge in [0, 0.05) is 21.9 Å². The molecule has 0 saturated heterocycles. The molecule has 1 aliphatic carbocycles. The monoisotopic (exact) mass is 317 g/mol. The summed E-state index contributed by atoms with van der Waals surface area (Å²) >= 11 is 3.55. The molecule has 3 rings (SSSR count). The van der Waals surface area contributed by atoms with Crippen LogP contribution in [-0.2, 0) is 12.8 Å². The number of aromatic nitrogens is 2. The van der Waals surface area contributed by atoms with Crippen molar-refractivity contribution in [3.8, 4) is 11.4 Å². The van der Waals surface area contributed by atoms with E-state index in [-0.39, 0.29) is 0 Å². The van der Waals surface area contributed by atoms with Crippen LogP contribution in [0.5, 0.6) is 0 Å². The van der Waals surface area contributed by atoms with Gasteiger partial charge < -0.3 is 5.73 Å². The third kappa shape index (κ3) is 2.55. The number of benzene rings is 1. The largest absolute Gasteiger partial charge is 0.330 e. The predicted octanol–water partition coefficient (Wildman–Crippen LogP) is 2.97. The van der Waals surface area contributed by atoms with Crippen molar-refractivity contribution < 1.29 is 0 Å². The van der Waals surface area contributed by atoms with E-state index in [0.29, 0.717) is 5.92 Å². The van der Waals surface area contributed by atoms with Crippen LogP contribution >= 0.6 is 15.9 Å². The number of nitrogens with two attached hydrogens (primary N) is 1. The smallest absolute Gasteiger partial charge is 0.160 e. The molecule has 3 nitrogen and oxygen atoms in total. The number of hydrogen-bond acceptors (Lipinski definition) is 3. The Balaban J connectivity index is 1.97. The lowest BCUT2D eigenvalue weighted by molar-refractivity contribution is 0.462. The van der Waals surface area contributed by atoms with Gasteiger partial charge in [0.15, 0.2) is 5.82 Å². The summed E-state index contributed by atoms with van der Waals surface area (Å²) in [5.74, 6) is 1.39. The van der Waals surface area contributed by atoms with Gasteiger partial charge in [-0.15, -0.1) is 0 Å². The van der Waals surface area contributed by atoms with Gasteiger partial charge in [0.25, 0.3) is 0 Å². The van der Waals surface area contributed by atoms with Crippen molar-refractivity contribution in [1.29, 1.82) is 0 Å². The second-order valence-electron chi connectivity index (χ2n) is 4.99. The van der Waals surface area contributed by atoms with Gasteiger partial charge in [-0.2, -0.15) is 0 Å². The molecular formula is C15H16BrN3. The molecule has 1 atom stereocenters. The van der Waals surface area contributed by atoms with Crippen molar-refractivity contribution in [2.24, 2.45) is 11.7 Å². The summed E-state index contributed by atoms with van der Waals surface area (Å²) in [6, 6.07) is 8.06. The van der Waals surface area contributed by atoms with E-state index in [2.05, 4.69) is 20.9 Å². The van der Waals surface area contributed by atoms with Crippen LogP contribution in [0, 0.1) is 5.92 Å². The lowest BCUT2D eigenvalue weighted by Crippen LogP contribution is -2.23. The zero-order valence-electron chi connectivity index (χ0n) is 10.6. The molecule has 0 bridgehead atoms.